The van der Waals surface area contributed by atoms with E-state index in [0.29, 0.717) is 0 Å². The molecule has 3 atom stereocenters. The van der Waals surface area contributed by atoms with Gasteiger partial charge in [-0.2, -0.15) is 0 Å². The maximum Gasteiger partial charge on any atom is 0.356 e. The van der Waals surface area contributed by atoms with Crippen molar-refractivity contribution in [2.24, 2.45) is 0 Å². The van der Waals surface area contributed by atoms with Crippen LogP contribution < -0.4 is 5.32 Å². The van der Waals surface area contributed by atoms with Crippen molar-refractivity contribution >= 4 is 34.6 Å². The topological polar surface area (TPSA) is 130 Å². The van der Waals surface area contributed by atoms with Gasteiger partial charge in [0.1, 0.15) is 22.7 Å². The zero-order valence-electron chi connectivity index (χ0n) is 16.7. The molecular formula is C20H22N2O7S. The highest BCUT2D eigenvalue weighted by Crippen LogP contribution is 2.36. The van der Waals surface area contributed by atoms with Crippen LogP contribution in [0.4, 0.5) is 0 Å². The number of hydrogen-bond donors (Lipinski definition) is 2. The second kappa shape index (κ2) is 8.02. The second-order valence-electron chi connectivity index (χ2n) is 7.97. The fraction of sp³-hybridized carbons (Fsp3) is 0.400. The Morgan fingerprint density at radius 3 is 2.43 bits per heavy atom. The summed E-state index contributed by atoms with van der Waals surface area (Å²) in [6.45, 7) is 4.82. The summed E-state index contributed by atoms with van der Waals surface area (Å²) in [5.74, 6) is -4.00. The average molecular weight is 434 g/mol. The fourth-order valence-electron chi connectivity index (χ4n) is 3.26. The lowest BCUT2D eigenvalue weighted by molar-refractivity contribution is -0.159. The summed E-state index contributed by atoms with van der Waals surface area (Å²) in [6.07, 6.45) is 0.0269. The van der Waals surface area contributed by atoms with Crippen LogP contribution in [0.5, 0.6) is 0 Å². The number of carboxylic acids is 1. The standard InChI is InChI=1S/C20H22N2O7S/c1-20(2,3)29-19(27)15-12(18(25)26)10-30(28)17-14(16(24)22(15)17)21-13(23)9-11-7-5-4-6-8-11/h4-8,14,17H,9-10H2,1-3H3,(H,21,23)(H,25,26)/t14-,17-,30?/m1/s1. The van der Waals surface area contributed by atoms with E-state index in [-0.39, 0.29) is 6.42 Å². The third kappa shape index (κ3) is 4.28. The molecule has 30 heavy (non-hydrogen) atoms. The number of aliphatic carboxylic acids is 1. The number of nitrogens with zero attached hydrogens (tertiary/aromatic N) is 1. The molecule has 0 bridgehead atoms. The molecule has 9 nitrogen and oxygen atoms in total. The lowest BCUT2D eigenvalue weighted by atomic mass is 10.0. The van der Waals surface area contributed by atoms with E-state index in [9.17, 15) is 28.5 Å². The number of benzene rings is 1. The Kier molecular flexibility index (Phi) is 5.80. The first-order chi connectivity index (χ1) is 14.0. The van der Waals surface area contributed by atoms with Crippen LogP contribution in [0.25, 0.3) is 0 Å². The highest BCUT2D eigenvalue weighted by Gasteiger charge is 2.58. The van der Waals surface area contributed by atoms with Crippen molar-refractivity contribution in [2.45, 2.75) is 44.2 Å². The third-order valence-corrected chi connectivity index (χ3v) is 6.10. The minimum Gasteiger partial charge on any atom is -0.478 e. The number of carbonyl (C=O) groups is 4. The molecule has 1 aromatic carbocycles. The zero-order valence-corrected chi connectivity index (χ0v) is 17.5. The van der Waals surface area contributed by atoms with Crippen molar-refractivity contribution in [1.82, 2.24) is 10.2 Å². The molecule has 0 aromatic heterocycles. The van der Waals surface area contributed by atoms with Gasteiger partial charge in [-0.15, -0.1) is 0 Å². The largest absolute Gasteiger partial charge is 0.478 e. The Hall–Kier alpha value is -3.01. The molecule has 2 heterocycles. The number of nitrogens with one attached hydrogen (secondary N) is 1. The quantitative estimate of drug-likeness (QED) is 0.504. The number of amides is 2. The molecule has 1 saturated heterocycles. The van der Waals surface area contributed by atoms with Gasteiger partial charge in [-0.3, -0.25) is 18.7 Å². The molecule has 2 aliphatic heterocycles. The van der Waals surface area contributed by atoms with Crippen molar-refractivity contribution in [1.29, 1.82) is 0 Å². The van der Waals surface area contributed by atoms with Gasteiger partial charge in [0.25, 0.3) is 5.91 Å². The number of hydrogen-bond acceptors (Lipinski definition) is 6. The molecule has 10 heteroatoms. The molecule has 0 radical (unpaired) electrons. The van der Waals surface area contributed by atoms with Gasteiger partial charge >= 0.3 is 11.9 Å². The number of ether oxygens (including phenoxy) is 1. The van der Waals surface area contributed by atoms with E-state index in [1.807, 2.05) is 6.07 Å². The third-order valence-electron chi connectivity index (χ3n) is 4.50. The number of carbonyl (C=O) groups excluding carboxylic acids is 3. The lowest BCUT2D eigenvalue weighted by Gasteiger charge is -2.49. The smallest absolute Gasteiger partial charge is 0.356 e. The van der Waals surface area contributed by atoms with E-state index < -0.39 is 68.6 Å². The first-order valence-electron chi connectivity index (χ1n) is 9.23. The lowest BCUT2D eigenvalue weighted by Crippen LogP contribution is -2.74. The molecule has 1 aromatic rings. The number of carboxylic acid groups (broad SMARTS) is 1. The minimum atomic E-state index is -1.81. The number of β-lactam (4-membered cyclic amide) rings is 1. The Morgan fingerprint density at radius 1 is 1.23 bits per heavy atom. The molecule has 3 rings (SSSR count). The van der Waals surface area contributed by atoms with Gasteiger partial charge in [0.05, 0.1) is 28.5 Å². The molecule has 1 unspecified atom stereocenters. The summed E-state index contributed by atoms with van der Waals surface area (Å²) in [6, 6.07) is 7.78. The normalized spacial score (nSPS) is 23.4. The highest BCUT2D eigenvalue weighted by atomic mass is 32.2. The van der Waals surface area contributed by atoms with E-state index in [0.717, 1.165) is 10.5 Å². The van der Waals surface area contributed by atoms with Crippen LogP contribution in [0, 0.1) is 0 Å². The number of fused-ring (bicyclic) bond motifs is 1. The van der Waals surface area contributed by atoms with Gasteiger partial charge in [-0.25, -0.2) is 9.59 Å². The first-order valence-corrected chi connectivity index (χ1v) is 10.6. The monoisotopic (exact) mass is 434 g/mol. The summed E-state index contributed by atoms with van der Waals surface area (Å²) in [4.78, 5) is 50.2. The molecule has 0 spiro atoms. The molecule has 1 fully saturated rings. The van der Waals surface area contributed by atoms with E-state index in [1.54, 1.807) is 45.0 Å². The molecule has 2 amide bonds. The summed E-state index contributed by atoms with van der Waals surface area (Å²) in [7, 11) is -1.81. The van der Waals surface area contributed by atoms with E-state index in [1.165, 1.54) is 0 Å². The van der Waals surface area contributed by atoms with Crippen LogP contribution in [0.15, 0.2) is 41.6 Å². The number of rotatable bonds is 5. The Morgan fingerprint density at radius 2 is 1.87 bits per heavy atom. The van der Waals surface area contributed by atoms with Gasteiger partial charge in [-0.05, 0) is 26.3 Å². The minimum absolute atomic E-state index is 0.0269. The average Bonchev–Trinajstić information content (AvgIpc) is 2.64. The van der Waals surface area contributed by atoms with Crippen LogP contribution in [-0.2, 0) is 41.1 Å². The predicted molar refractivity (Wildman–Crippen MR) is 106 cm³/mol. The molecule has 0 aliphatic carbocycles. The predicted octanol–water partition coefficient (Wildman–Crippen LogP) is 0.325. The van der Waals surface area contributed by atoms with Crippen molar-refractivity contribution in [3.8, 4) is 0 Å². The van der Waals surface area contributed by atoms with E-state index >= 15 is 0 Å². The second-order valence-corrected chi connectivity index (χ2v) is 9.50. The van der Waals surface area contributed by atoms with Crippen molar-refractivity contribution in [3.63, 3.8) is 0 Å². The molecule has 160 valence electrons. The Bertz CT molecular complexity index is 965. The van der Waals surface area contributed by atoms with Gasteiger partial charge < -0.3 is 15.2 Å². The first kappa shape index (κ1) is 21.7. The van der Waals surface area contributed by atoms with Crippen LogP contribution in [0.1, 0.15) is 26.3 Å². The van der Waals surface area contributed by atoms with Crippen LogP contribution >= 0.6 is 0 Å². The van der Waals surface area contributed by atoms with Gasteiger partial charge in [0, 0.05) is 0 Å². The van der Waals surface area contributed by atoms with Crippen molar-refractivity contribution < 1.29 is 33.2 Å². The van der Waals surface area contributed by atoms with Crippen LogP contribution in [-0.4, -0.2) is 60.7 Å². The Labute approximate surface area is 175 Å². The van der Waals surface area contributed by atoms with E-state index in [2.05, 4.69) is 5.32 Å². The van der Waals surface area contributed by atoms with Crippen molar-refractivity contribution in [3.05, 3.63) is 47.2 Å². The summed E-state index contributed by atoms with van der Waals surface area (Å²) in [5.41, 5.74) is -1.05. The Balaban J connectivity index is 1.83. The summed E-state index contributed by atoms with van der Waals surface area (Å²) >= 11 is 0. The summed E-state index contributed by atoms with van der Waals surface area (Å²) in [5, 5.41) is 11.0. The van der Waals surface area contributed by atoms with Gasteiger partial charge in [0.15, 0.2) is 0 Å². The zero-order chi connectivity index (χ0) is 22.2. The SMILES string of the molecule is CC(C)(C)OC(=O)C1=C(C(=O)O)CS(=O)[C@@H]2[C@H](NC(=O)Cc3ccccc3)C(=O)N12. The maximum absolute atomic E-state index is 12.7. The molecule has 2 aliphatic rings. The maximum atomic E-state index is 12.7. The molecule has 2 N–H and O–H groups in total. The van der Waals surface area contributed by atoms with Gasteiger partial charge in [0.2, 0.25) is 5.91 Å². The van der Waals surface area contributed by atoms with Gasteiger partial charge in [-0.1, -0.05) is 30.3 Å². The van der Waals surface area contributed by atoms with Crippen molar-refractivity contribution in [2.75, 3.05) is 5.75 Å². The highest BCUT2D eigenvalue weighted by molar-refractivity contribution is 7.86. The number of esters is 1. The molecule has 0 saturated carbocycles. The summed E-state index contributed by atoms with van der Waals surface area (Å²) < 4.78 is 17.9. The molecular weight excluding hydrogens is 412 g/mol. The fourth-order valence-corrected chi connectivity index (χ4v) is 4.91. The van der Waals surface area contributed by atoms with Crippen LogP contribution in [0.3, 0.4) is 0 Å². The van der Waals surface area contributed by atoms with Crippen LogP contribution in [0.2, 0.25) is 0 Å². The van der Waals surface area contributed by atoms with E-state index in [4.69, 9.17) is 4.74 Å².